The normalized spacial score (nSPS) is 11.4. The van der Waals surface area contributed by atoms with E-state index in [0.29, 0.717) is 0 Å². The number of carbonyl (C=O) groups excluding carboxylic acids is 1. The summed E-state index contributed by atoms with van der Waals surface area (Å²) < 4.78 is 0. The highest BCUT2D eigenvalue weighted by Gasteiger charge is 2.21. The molecule has 1 amide bonds. The first-order chi connectivity index (χ1) is 7.47. The van der Waals surface area contributed by atoms with Gasteiger partial charge in [0.15, 0.2) is 5.92 Å². The van der Waals surface area contributed by atoms with Gasteiger partial charge in [-0.3, -0.25) is 14.9 Å². The molecule has 1 aromatic carbocycles. The first kappa shape index (κ1) is 11.5. The van der Waals surface area contributed by atoms with Gasteiger partial charge in [-0.25, -0.2) is 0 Å². The second kappa shape index (κ2) is 4.27. The highest BCUT2D eigenvalue weighted by molar-refractivity contribution is 5.86. The van der Waals surface area contributed by atoms with Gasteiger partial charge in [-0.15, -0.1) is 0 Å². The van der Waals surface area contributed by atoms with Crippen molar-refractivity contribution in [3.05, 3.63) is 33.9 Å². The standard InChI is InChI=1S/C9H8N4O3/c10-4-7(9(12)14)6-2-1-5(13(15)16)3-8(6)11/h1-3,7H,11H2,(H2,12,14). The summed E-state index contributed by atoms with van der Waals surface area (Å²) >= 11 is 0. The van der Waals surface area contributed by atoms with Crippen molar-refractivity contribution in [2.24, 2.45) is 5.73 Å². The molecule has 7 heteroatoms. The molecule has 1 aromatic rings. The molecule has 0 saturated carbocycles. The Morgan fingerprint density at radius 3 is 2.56 bits per heavy atom. The fourth-order valence-electron chi connectivity index (χ4n) is 1.23. The minimum atomic E-state index is -1.19. The zero-order valence-electron chi connectivity index (χ0n) is 8.08. The predicted octanol–water partition coefficient (Wildman–Crippen LogP) is 0.269. The first-order valence-electron chi connectivity index (χ1n) is 4.20. The number of amides is 1. The number of nitrogens with two attached hydrogens (primary N) is 2. The lowest BCUT2D eigenvalue weighted by atomic mass is 9.98. The zero-order valence-corrected chi connectivity index (χ0v) is 8.08. The van der Waals surface area contributed by atoms with Crippen LogP contribution in [0.3, 0.4) is 0 Å². The molecule has 0 heterocycles. The van der Waals surface area contributed by atoms with E-state index < -0.39 is 16.7 Å². The Hall–Kier alpha value is -2.62. The predicted molar refractivity (Wildman–Crippen MR) is 55.1 cm³/mol. The van der Waals surface area contributed by atoms with E-state index in [1.807, 2.05) is 0 Å². The van der Waals surface area contributed by atoms with E-state index >= 15 is 0 Å². The number of benzene rings is 1. The van der Waals surface area contributed by atoms with E-state index in [1.54, 1.807) is 6.07 Å². The van der Waals surface area contributed by atoms with Crippen LogP contribution in [0.4, 0.5) is 11.4 Å². The first-order valence-corrected chi connectivity index (χ1v) is 4.20. The van der Waals surface area contributed by atoms with Crippen LogP contribution in [-0.2, 0) is 4.79 Å². The summed E-state index contributed by atoms with van der Waals surface area (Å²) in [5, 5.41) is 19.1. The average Bonchev–Trinajstić information content (AvgIpc) is 2.20. The van der Waals surface area contributed by atoms with Crippen LogP contribution >= 0.6 is 0 Å². The molecule has 82 valence electrons. The van der Waals surface area contributed by atoms with Gasteiger partial charge in [-0.05, 0) is 6.07 Å². The van der Waals surface area contributed by atoms with Gasteiger partial charge in [-0.1, -0.05) is 0 Å². The number of nitro benzene ring substituents is 1. The number of anilines is 1. The van der Waals surface area contributed by atoms with Gasteiger partial charge in [-0.2, -0.15) is 5.26 Å². The number of hydrogen-bond acceptors (Lipinski definition) is 5. The number of non-ortho nitro benzene ring substituents is 1. The van der Waals surface area contributed by atoms with Crippen molar-refractivity contribution in [1.82, 2.24) is 0 Å². The monoisotopic (exact) mass is 220 g/mol. The van der Waals surface area contributed by atoms with Gasteiger partial charge in [0.25, 0.3) is 5.69 Å². The maximum absolute atomic E-state index is 10.9. The van der Waals surface area contributed by atoms with Gasteiger partial charge < -0.3 is 11.5 Å². The summed E-state index contributed by atoms with van der Waals surface area (Å²) in [5.74, 6) is -2.04. The Kier molecular flexibility index (Phi) is 3.06. The molecule has 0 aliphatic carbocycles. The van der Waals surface area contributed by atoms with Crippen LogP contribution in [0.2, 0.25) is 0 Å². The zero-order chi connectivity index (χ0) is 12.3. The largest absolute Gasteiger partial charge is 0.398 e. The quantitative estimate of drug-likeness (QED) is 0.428. The van der Waals surface area contributed by atoms with Crippen molar-refractivity contribution in [3.8, 4) is 6.07 Å². The van der Waals surface area contributed by atoms with Crippen molar-refractivity contribution in [2.75, 3.05) is 5.73 Å². The Balaban J connectivity index is 3.23. The molecule has 1 atom stereocenters. The second-order valence-electron chi connectivity index (χ2n) is 3.03. The van der Waals surface area contributed by atoms with Gasteiger partial charge in [0.1, 0.15) is 0 Å². The molecule has 1 unspecified atom stereocenters. The second-order valence-corrected chi connectivity index (χ2v) is 3.03. The molecular formula is C9H8N4O3. The van der Waals surface area contributed by atoms with Crippen LogP contribution in [0.1, 0.15) is 11.5 Å². The van der Waals surface area contributed by atoms with Crippen LogP contribution in [0.25, 0.3) is 0 Å². The molecule has 0 bridgehead atoms. The summed E-state index contributed by atoms with van der Waals surface area (Å²) in [7, 11) is 0. The van der Waals surface area contributed by atoms with Crippen molar-refractivity contribution < 1.29 is 9.72 Å². The molecule has 0 aliphatic heterocycles. The molecule has 0 fully saturated rings. The number of nitrogens with zero attached hydrogens (tertiary/aromatic N) is 2. The lowest BCUT2D eigenvalue weighted by Gasteiger charge is -2.07. The molecule has 0 saturated heterocycles. The number of primary amides is 1. The highest BCUT2D eigenvalue weighted by Crippen LogP contribution is 2.25. The maximum atomic E-state index is 10.9. The van der Waals surface area contributed by atoms with Crippen molar-refractivity contribution in [2.45, 2.75) is 5.92 Å². The summed E-state index contributed by atoms with van der Waals surface area (Å²) in [6.45, 7) is 0. The molecule has 0 aromatic heterocycles. The summed E-state index contributed by atoms with van der Waals surface area (Å²) in [6.07, 6.45) is 0. The minimum Gasteiger partial charge on any atom is -0.398 e. The van der Waals surface area contributed by atoms with Crippen LogP contribution in [0, 0.1) is 21.4 Å². The lowest BCUT2D eigenvalue weighted by Crippen LogP contribution is -2.21. The summed E-state index contributed by atoms with van der Waals surface area (Å²) in [5.41, 5.74) is 10.5. The van der Waals surface area contributed by atoms with Crippen LogP contribution in [0.5, 0.6) is 0 Å². The van der Waals surface area contributed by atoms with Crippen molar-refractivity contribution in [3.63, 3.8) is 0 Å². The lowest BCUT2D eigenvalue weighted by molar-refractivity contribution is -0.384. The maximum Gasteiger partial charge on any atom is 0.271 e. The molecule has 0 spiro atoms. The molecule has 4 N–H and O–H groups in total. The molecule has 16 heavy (non-hydrogen) atoms. The van der Waals surface area contributed by atoms with Crippen molar-refractivity contribution in [1.29, 1.82) is 5.26 Å². The highest BCUT2D eigenvalue weighted by atomic mass is 16.6. The van der Waals surface area contributed by atoms with Crippen LogP contribution < -0.4 is 11.5 Å². The van der Waals surface area contributed by atoms with E-state index in [1.165, 1.54) is 12.1 Å². The van der Waals surface area contributed by atoms with E-state index in [-0.39, 0.29) is 16.9 Å². The third kappa shape index (κ3) is 2.06. The van der Waals surface area contributed by atoms with Gasteiger partial charge in [0.05, 0.1) is 11.0 Å². The van der Waals surface area contributed by atoms with E-state index in [9.17, 15) is 14.9 Å². The molecule has 1 rings (SSSR count). The fourth-order valence-corrected chi connectivity index (χ4v) is 1.23. The van der Waals surface area contributed by atoms with Crippen LogP contribution in [0.15, 0.2) is 18.2 Å². The Morgan fingerprint density at radius 2 is 2.19 bits per heavy atom. The van der Waals surface area contributed by atoms with Gasteiger partial charge >= 0.3 is 0 Å². The molecular weight excluding hydrogens is 212 g/mol. The smallest absolute Gasteiger partial charge is 0.271 e. The number of nitro groups is 1. The van der Waals surface area contributed by atoms with Crippen molar-refractivity contribution >= 4 is 17.3 Å². The van der Waals surface area contributed by atoms with Gasteiger partial charge in [0, 0.05) is 23.4 Å². The van der Waals surface area contributed by atoms with E-state index in [0.717, 1.165) is 6.07 Å². The van der Waals surface area contributed by atoms with E-state index in [2.05, 4.69) is 0 Å². The SMILES string of the molecule is N#CC(C(N)=O)c1ccc([N+](=O)[O-])cc1N. The Bertz CT molecular complexity index is 492. The number of hydrogen-bond donors (Lipinski definition) is 2. The fraction of sp³-hybridized carbons (Fsp3) is 0.111. The number of nitrogen functional groups attached to an aromatic ring is 1. The summed E-state index contributed by atoms with van der Waals surface area (Å²) in [4.78, 5) is 20.7. The average molecular weight is 220 g/mol. The molecule has 0 radical (unpaired) electrons. The van der Waals surface area contributed by atoms with Crippen LogP contribution in [-0.4, -0.2) is 10.8 Å². The summed E-state index contributed by atoms with van der Waals surface area (Å²) in [6, 6.07) is 5.19. The third-order valence-electron chi connectivity index (χ3n) is 2.01. The molecule has 7 nitrogen and oxygen atoms in total. The number of rotatable bonds is 3. The number of nitriles is 1. The Labute approximate surface area is 90.4 Å². The third-order valence-corrected chi connectivity index (χ3v) is 2.01. The number of carbonyl (C=O) groups is 1. The topological polar surface area (TPSA) is 136 Å². The minimum absolute atomic E-state index is 0.000417. The molecule has 0 aliphatic rings. The van der Waals surface area contributed by atoms with E-state index in [4.69, 9.17) is 16.7 Å². The van der Waals surface area contributed by atoms with Gasteiger partial charge in [0.2, 0.25) is 5.91 Å². The Morgan fingerprint density at radius 1 is 1.56 bits per heavy atom.